The van der Waals surface area contributed by atoms with Crippen LogP contribution in [0.2, 0.25) is 0 Å². The van der Waals surface area contributed by atoms with Gasteiger partial charge in [-0.1, -0.05) is 30.3 Å². The van der Waals surface area contributed by atoms with Crippen LogP contribution >= 0.6 is 0 Å². The Morgan fingerprint density at radius 1 is 1.17 bits per heavy atom. The number of benzene rings is 1. The average Bonchev–Trinajstić information content (AvgIpc) is 2.53. The number of nitrogens with one attached hydrogen (secondary N) is 1. The first kappa shape index (κ1) is 16.3. The average molecular weight is 316 g/mol. The lowest BCUT2D eigenvalue weighted by Crippen LogP contribution is -2.43. The summed E-state index contributed by atoms with van der Waals surface area (Å²) in [4.78, 5) is 23.0. The molecule has 2 aromatic rings. The van der Waals surface area contributed by atoms with E-state index in [4.69, 9.17) is 4.74 Å². The van der Waals surface area contributed by atoms with E-state index in [9.17, 15) is 19.9 Å². The molecule has 1 unspecified atom stereocenters. The van der Waals surface area contributed by atoms with Crippen molar-refractivity contribution in [1.82, 2.24) is 5.32 Å². The summed E-state index contributed by atoms with van der Waals surface area (Å²) in [6.07, 6.45) is 1.71. The van der Waals surface area contributed by atoms with Crippen LogP contribution in [-0.2, 0) is 22.6 Å². The molecule has 0 radical (unpaired) electrons. The van der Waals surface area contributed by atoms with Crippen LogP contribution in [0.5, 0.6) is 0 Å². The predicted molar refractivity (Wildman–Crippen MR) is 80.3 cm³/mol. The molecule has 0 saturated carbocycles. The van der Waals surface area contributed by atoms with E-state index in [1.807, 2.05) is 18.2 Å². The molecular formula is C16H16N2O5. The van der Waals surface area contributed by atoms with Crippen molar-refractivity contribution in [2.75, 3.05) is 0 Å². The number of carboxylic acid groups (broad SMARTS) is 1. The minimum absolute atomic E-state index is 0.0150. The highest BCUT2D eigenvalue weighted by Gasteiger charge is 2.22. The lowest BCUT2D eigenvalue weighted by Gasteiger charge is -2.14. The number of carboxylic acids is 1. The van der Waals surface area contributed by atoms with Crippen molar-refractivity contribution >= 4 is 12.1 Å². The van der Waals surface area contributed by atoms with E-state index in [2.05, 4.69) is 5.32 Å². The largest absolute Gasteiger partial charge is 0.619 e. The molecule has 1 aromatic carbocycles. The van der Waals surface area contributed by atoms with E-state index in [1.54, 1.807) is 18.2 Å². The second-order valence-corrected chi connectivity index (χ2v) is 4.87. The van der Waals surface area contributed by atoms with Gasteiger partial charge >= 0.3 is 12.1 Å². The number of aliphatic carboxylic acids is 1. The summed E-state index contributed by atoms with van der Waals surface area (Å²) in [7, 11) is 0. The van der Waals surface area contributed by atoms with Crippen molar-refractivity contribution in [3.63, 3.8) is 0 Å². The third kappa shape index (κ3) is 5.31. The summed E-state index contributed by atoms with van der Waals surface area (Å²) >= 11 is 0. The first-order valence-corrected chi connectivity index (χ1v) is 6.92. The van der Waals surface area contributed by atoms with Gasteiger partial charge in [-0.3, -0.25) is 0 Å². The third-order valence-electron chi connectivity index (χ3n) is 3.08. The smallest absolute Gasteiger partial charge is 0.408 e. The van der Waals surface area contributed by atoms with Crippen molar-refractivity contribution in [3.8, 4) is 0 Å². The number of hydrogen-bond acceptors (Lipinski definition) is 4. The highest BCUT2D eigenvalue weighted by atomic mass is 16.5. The highest BCUT2D eigenvalue weighted by Crippen LogP contribution is 2.03. The van der Waals surface area contributed by atoms with E-state index in [1.165, 1.54) is 18.5 Å². The molecule has 0 aliphatic heterocycles. The molecule has 0 spiro atoms. The Morgan fingerprint density at radius 2 is 1.87 bits per heavy atom. The second-order valence-electron chi connectivity index (χ2n) is 4.87. The van der Waals surface area contributed by atoms with Crippen molar-refractivity contribution < 1.29 is 24.2 Å². The van der Waals surface area contributed by atoms with Gasteiger partial charge in [-0.05, 0) is 11.6 Å². The molecule has 23 heavy (non-hydrogen) atoms. The molecule has 2 N–H and O–H groups in total. The van der Waals surface area contributed by atoms with Gasteiger partial charge in [0.05, 0.1) is 0 Å². The topological polar surface area (TPSA) is 103 Å². The maximum Gasteiger partial charge on any atom is 0.408 e. The fourth-order valence-corrected chi connectivity index (χ4v) is 1.96. The zero-order chi connectivity index (χ0) is 16.7. The van der Waals surface area contributed by atoms with Crippen molar-refractivity contribution in [2.45, 2.75) is 19.1 Å². The summed E-state index contributed by atoms with van der Waals surface area (Å²) in [5.41, 5.74) is 1.29. The third-order valence-corrected chi connectivity index (χ3v) is 3.08. The summed E-state index contributed by atoms with van der Waals surface area (Å²) in [6.45, 7) is 0.0465. The van der Waals surface area contributed by atoms with Gasteiger partial charge < -0.3 is 20.4 Å². The zero-order valence-corrected chi connectivity index (χ0v) is 12.2. The molecular weight excluding hydrogens is 300 g/mol. The van der Waals surface area contributed by atoms with Gasteiger partial charge in [0, 0.05) is 18.1 Å². The molecule has 0 aliphatic rings. The molecule has 7 heteroatoms. The molecule has 1 heterocycles. The number of alkyl carbamates (subject to hydrolysis) is 1. The molecule has 2 rings (SSSR count). The van der Waals surface area contributed by atoms with Gasteiger partial charge in [0.2, 0.25) is 0 Å². The normalized spacial score (nSPS) is 11.5. The molecule has 1 atom stereocenters. The molecule has 1 aromatic heterocycles. The van der Waals surface area contributed by atoms with Gasteiger partial charge in [-0.2, -0.15) is 4.73 Å². The number of carbonyl (C=O) groups excluding carboxylic acids is 1. The van der Waals surface area contributed by atoms with Gasteiger partial charge in [0.25, 0.3) is 0 Å². The van der Waals surface area contributed by atoms with Gasteiger partial charge in [-0.25, -0.2) is 9.59 Å². The number of rotatable bonds is 6. The Kier molecular flexibility index (Phi) is 5.51. The zero-order valence-electron chi connectivity index (χ0n) is 12.2. The number of pyridine rings is 1. The molecule has 0 saturated heterocycles. The highest BCUT2D eigenvalue weighted by molar-refractivity contribution is 5.80. The fourth-order valence-electron chi connectivity index (χ4n) is 1.96. The van der Waals surface area contributed by atoms with Crippen LogP contribution in [0.25, 0.3) is 0 Å². The summed E-state index contributed by atoms with van der Waals surface area (Å²) in [6, 6.07) is 11.0. The van der Waals surface area contributed by atoms with Crippen LogP contribution in [0, 0.1) is 5.21 Å². The Morgan fingerprint density at radius 3 is 2.52 bits per heavy atom. The van der Waals surface area contributed by atoms with Gasteiger partial charge in [-0.15, -0.1) is 0 Å². The van der Waals surface area contributed by atoms with Gasteiger partial charge in [0.1, 0.15) is 12.6 Å². The van der Waals surface area contributed by atoms with Crippen molar-refractivity contribution in [2.24, 2.45) is 0 Å². The van der Waals surface area contributed by atoms with Crippen molar-refractivity contribution in [3.05, 3.63) is 71.2 Å². The Labute approximate surface area is 132 Å². The number of ether oxygens (including phenoxy) is 1. The van der Waals surface area contributed by atoms with E-state index in [0.29, 0.717) is 10.3 Å². The van der Waals surface area contributed by atoms with Crippen LogP contribution in [0.15, 0.2) is 54.9 Å². The van der Waals surface area contributed by atoms with Crippen molar-refractivity contribution in [1.29, 1.82) is 0 Å². The second kappa shape index (κ2) is 7.79. The Hall–Kier alpha value is -3.09. The first-order chi connectivity index (χ1) is 11.0. The number of hydrogen-bond donors (Lipinski definition) is 2. The molecule has 0 aliphatic carbocycles. The van der Waals surface area contributed by atoms with E-state index < -0.39 is 18.1 Å². The number of carbonyl (C=O) groups is 2. The molecule has 120 valence electrons. The van der Waals surface area contributed by atoms with E-state index >= 15 is 0 Å². The Balaban J connectivity index is 1.91. The van der Waals surface area contributed by atoms with E-state index in [-0.39, 0.29) is 13.0 Å². The minimum atomic E-state index is -1.21. The van der Waals surface area contributed by atoms with Gasteiger partial charge in [0.15, 0.2) is 12.4 Å². The lowest BCUT2D eigenvalue weighted by molar-refractivity contribution is -0.605. The molecule has 0 bridgehead atoms. The molecule has 1 amide bonds. The van der Waals surface area contributed by atoms with Crippen LogP contribution in [0.4, 0.5) is 4.79 Å². The lowest BCUT2D eigenvalue weighted by atomic mass is 10.1. The fraction of sp³-hybridized carbons (Fsp3) is 0.188. The first-order valence-electron chi connectivity index (χ1n) is 6.92. The summed E-state index contributed by atoms with van der Waals surface area (Å²) in [5, 5.41) is 22.6. The van der Waals surface area contributed by atoms with Crippen LogP contribution < -0.4 is 10.0 Å². The number of aromatic nitrogens is 1. The quantitative estimate of drug-likeness (QED) is 0.616. The SMILES string of the molecule is O=C(NC(Cc1ccc[n+]([O-])c1)C(=O)O)OCc1ccccc1. The monoisotopic (exact) mass is 316 g/mol. The molecule has 7 nitrogen and oxygen atoms in total. The maximum atomic E-state index is 11.7. The number of amides is 1. The number of nitrogens with zero attached hydrogens (tertiary/aromatic N) is 1. The summed E-state index contributed by atoms with van der Waals surface area (Å²) < 4.78 is 5.56. The van der Waals surface area contributed by atoms with Crippen LogP contribution in [-0.4, -0.2) is 23.2 Å². The standard InChI is InChI=1S/C16H16N2O5/c19-15(20)14(9-13-7-4-8-18(22)10-13)17-16(21)23-11-12-5-2-1-3-6-12/h1-8,10,14H,9,11H2,(H,17,21)(H,19,20). The van der Waals surface area contributed by atoms with Crippen LogP contribution in [0.1, 0.15) is 11.1 Å². The minimum Gasteiger partial charge on any atom is -0.619 e. The van der Waals surface area contributed by atoms with Crippen LogP contribution in [0.3, 0.4) is 0 Å². The van der Waals surface area contributed by atoms with E-state index in [0.717, 1.165) is 5.56 Å². The molecule has 0 fully saturated rings. The maximum absolute atomic E-state index is 11.7. The summed E-state index contributed by atoms with van der Waals surface area (Å²) in [5.74, 6) is -1.21. The Bertz CT molecular complexity index is 675. The predicted octanol–water partition coefficient (Wildman–Crippen LogP) is 1.24.